The van der Waals surface area contributed by atoms with Gasteiger partial charge in [-0.15, -0.1) is 6.58 Å². The van der Waals surface area contributed by atoms with Gasteiger partial charge >= 0.3 is 5.97 Å². The van der Waals surface area contributed by atoms with Gasteiger partial charge < -0.3 is 14.7 Å². The lowest BCUT2D eigenvalue weighted by Crippen LogP contribution is -2.57. The molecule has 1 saturated heterocycles. The summed E-state index contributed by atoms with van der Waals surface area (Å²) in [7, 11) is 0. The number of amides is 1. The van der Waals surface area contributed by atoms with Gasteiger partial charge in [0.25, 0.3) is 5.91 Å². The van der Waals surface area contributed by atoms with Gasteiger partial charge in [0.2, 0.25) is 0 Å². The Morgan fingerprint density at radius 2 is 1.87 bits per heavy atom. The Balaban J connectivity index is 1.88. The van der Waals surface area contributed by atoms with Crippen molar-refractivity contribution in [1.82, 2.24) is 4.90 Å². The highest BCUT2D eigenvalue weighted by molar-refractivity contribution is 6.30. The van der Waals surface area contributed by atoms with E-state index in [0.717, 1.165) is 24.0 Å². The van der Waals surface area contributed by atoms with E-state index >= 15 is 0 Å². The van der Waals surface area contributed by atoms with Crippen LogP contribution in [-0.4, -0.2) is 34.0 Å². The Morgan fingerprint density at radius 1 is 1.16 bits per heavy atom. The molecule has 7 heteroatoms. The summed E-state index contributed by atoms with van der Waals surface area (Å²) in [5.41, 5.74) is 1.53. The van der Waals surface area contributed by atoms with Crippen molar-refractivity contribution >= 4 is 35.1 Å². The standard InChI is InChI=1S/C24H23Cl2NO4/c1-2-4-19-23(28)27(21(24(29)30)15-7-8-15)20(14-9-11-17(25)12-10-14)22(31-19)16-5-3-6-18(26)13-16/h2-3,5-6,9-13,15,19-22H,1,4,7-8H2,(H,29,30)/t19-,20+,21+,22-/m0/s1. The number of hydrogen-bond donors (Lipinski definition) is 1. The van der Waals surface area contributed by atoms with Crippen molar-refractivity contribution in [1.29, 1.82) is 0 Å². The van der Waals surface area contributed by atoms with Crippen molar-refractivity contribution in [2.45, 2.75) is 43.6 Å². The minimum atomic E-state index is -1.00. The van der Waals surface area contributed by atoms with Crippen LogP contribution in [0.4, 0.5) is 0 Å². The minimum absolute atomic E-state index is 0.0706. The first-order valence-corrected chi connectivity index (χ1v) is 11.0. The highest BCUT2D eigenvalue weighted by atomic mass is 35.5. The van der Waals surface area contributed by atoms with Crippen LogP contribution in [0.5, 0.6) is 0 Å². The molecule has 2 fully saturated rings. The molecule has 162 valence electrons. The maximum absolute atomic E-state index is 13.5. The number of carboxylic acid groups (broad SMARTS) is 1. The van der Waals surface area contributed by atoms with Crippen molar-refractivity contribution in [3.05, 3.63) is 82.4 Å². The van der Waals surface area contributed by atoms with Crippen molar-refractivity contribution in [3.63, 3.8) is 0 Å². The molecule has 2 aromatic rings. The number of morpholine rings is 1. The maximum atomic E-state index is 13.5. The second-order valence-corrected chi connectivity index (χ2v) is 8.86. The summed E-state index contributed by atoms with van der Waals surface area (Å²) in [5, 5.41) is 11.2. The second-order valence-electron chi connectivity index (χ2n) is 7.99. The third kappa shape index (κ3) is 4.49. The highest BCUT2D eigenvalue weighted by Crippen LogP contribution is 2.47. The van der Waals surface area contributed by atoms with Gasteiger partial charge in [0.1, 0.15) is 18.2 Å². The lowest BCUT2D eigenvalue weighted by Gasteiger charge is -2.47. The molecule has 0 spiro atoms. The van der Waals surface area contributed by atoms with Gasteiger partial charge in [0.05, 0.1) is 6.04 Å². The third-order valence-corrected chi connectivity index (χ3v) is 6.31. The molecule has 4 atom stereocenters. The number of halogens is 2. The van der Waals surface area contributed by atoms with E-state index < -0.39 is 30.3 Å². The average Bonchev–Trinajstić information content (AvgIpc) is 3.56. The van der Waals surface area contributed by atoms with E-state index in [2.05, 4.69) is 6.58 Å². The van der Waals surface area contributed by atoms with Crippen LogP contribution >= 0.6 is 23.2 Å². The number of aliphatic carboxylic acids is 1. The molecule has 0 unspecified atom stereocenters. The fraction of sp³-hybridized carbons (Fsp3) is 0.333. The molecule has 1 aliphatic carbocycles. The number of hydrogen-bond acceptors (Lipinski definition) is 3. The van der Waals surface area contributed by atoms with E-state index in [9.17, 15) is 14.7 Å². The molecule has 0 aromatic heterocycles. The molecule has 1 aliphatic heterocycles. The summed E-state index contributed by atoms with van der Waals surface area (Å²) in [6.07, 6.45) is 2.06. The summed E-state index contributed by atoms with van der Waals surface area (Å²) in [5.74, 6) is -1.41. The molecule has 1 saturated carbocycles. The molecule has 1 heterocycles. The topological polar surface area (TPSA) is 66.8 Å². The summed E-state index contributed by atoms with van der Waals surface area (Å²) in [4.78, 5) is 27.4. The SMILES string of the molecule is C=CC[C@@H]1O[C@@H](c2cccc(Cl)c2)[C@@H](c2ccc(Cl)cc2)N([C@@H](C(=O)O)C2CC2)C1=O. The van der Waals surface area contributed by atoms with E-state index in [-0.39, 0.29) is 18.2 Å². The summed E-state index contributed by atoms with van der Waals surface area (Å²) < 4.78 is 6.29. The largest absolute Gasteiger partial charge is 0.480 e. The number of nitrogens with zero attached hydrogens (tertiary/aromatic N) is 1. The first-order chi connectivity index (χ1) is 14.9. The Hall–Kier alpha value is -2.34. The zero-order valence-electron chi connectivity index (χ0n) is 16.8. The fourth-order valence-electron chi connectivity index (χ4n) is 4.28. The van der Waals surface area contributed by atoms with Crippen molar-refractivity contribution < 1.29 is 19.4 Å². The van der Waals surface area contributed by atoms with Crippen molar-refractivity contribution in [2.75, 3.05) is 0 Å². The smallest absolute Gasteiger partial charge is 0.326 e. The summed E-state index contributed by atoms with van der Waals surface area (Å²) in [6.45, 7) is 3.74. The first-order valence-electron chi connectivity index (χ1n) is 10.2. The second kappa shape index (κ2) is 9.03. The zero-order chi connectivity index (χ0) is 22.1. The van der Waals surface area contributed by atoms with Crippen LogP contribution in [0.25, 0.3) is 0 Å². The fourth-order valence-corrected chi connectivity index (χ4v) is 4.60. The quantitative estimate of drug-likeness (QED) is 0.559. The molecule has 0 radical (unpaired) electrons. The Kier molecular flexibility index (Phi) is 6.37. The monoisotopic (exact) mass is 459 g/mol. The van der Waals surface area contributed by atoms with Crippen LogP contribution in [0.3, 0.4) is 0 Å². The number of rotatable bonds is 7. The van der Waals surface area contributed by atoms with Crippen LogP contribution in [0.1, 0.15) is 42.5 Å². The normalized spacial score (nSPS) is 24.6. The van der Waals surface area contributed by atoms with Gasteiger partial charge in [0, 0.05) is 16.5 Å². The van der Waals surface area contributed by atoms with Crippen molar-refractivity contribution in [2.24, 2.45) is 5.92 Å². The minimum Gasteiger partial charge on any atom is -0.480 e. The maximum Gasteiger partial charge on any atom is 0.326 e. The number of benzene rings is 2. The molecule has 1 amide bonds. The van der Waals surface area contributed by atoms with Gasteiger partial charge in [0.15, 0.2) is 0 Å². The van der Waals surface area contributed by atoms with E-state index in [1.165, 1.54) is 4.90 Å². The van der Waals surface area contributed by atoms with E-state index in [1.54, 1.807) is 30.3 Å². The first kappa shape index (κ1) is 21.9. The van der Waals surface area contributed by atoms with Gasteiger partial charge in [-0.05, 0) is 54.2 Å². The molecule has 2 aliphatic rings. The number of carbonyl (C=O) groups is 2. The molecule has 5 nitrogen and oxygen atoms in total. The van der Waals surface area contributed by atoms with Crippen LogP contribution in [0.2, 0.25) is 10.0 Å². The van der Waals surface area contributed by atoms with Gasteiger partial charge in [-0.1, -0.05) is 53.5 Å². The average molecular weight is 460 g/mol. The van der Waals surface area contributed by atoms with Crippen LogP contribution in [-0.2, 0) is 14.3 Å². The zero-order valence-corrected chi connectivity index (χ0v) is 18.3. The number of carboxylic acids is 1. The lowest BCUT2D eigenvalue weighted by atomic mass is 9.89. The predicted octanol–water partition coefficient (Wildman–Crippen LogP) is 5.44. The lowest BCUT2D eigenvalue weighted by molar-refractivity contribution is -0.185. The highest BCUT2D eigenvalue weighted by Gasteiger charge is 2.52. The molecule has 4 rings (SSSR count). The molecule has 31 heavy (non-hydrogen) atoms. The predicted molar refractivity (Wildman–Crippen MR) is 119 cm³/mol. The molecule has 2 aromatic carbocycles. The molecule has 1 N–H and O–H groups in total. The van der Waals surface area contributed by atoms with Crippen LogP contribution in [0, 0.1) is 5.92 Å². The molecule has 0 bridgehead atoms. The summed E-state index contributed by atoms with van der Waals surface area (Å²) >= 11 is 12.3. The van der Waals surface area contributed by atoms with Gasteiger partial charge in [-0.2, -0.15) is 0 Å². The van der Waals surface area contributed by atoms with E-state index in [0.29, 0.717) is 10.0 Å². The van der Waals surface area contributed by atoms with Crippen molar-refractivity contribution in [3.8, 4) is 0 Å². The van der Waals surface area contributed by atoms with Crippen LogP contribution < -0.4 is 0 Å². The Morgan fingerprint density at radius 3 is 2.45 bits per heavy atom. The number of ether oxygens (including phenoxy) is 1. The third-order valence-electron chi connectivity index (χ3n) is 5.82. The summed E-state index contributed by atoms with van der Waals surface area (Å²) in [6, 6.07) is 12.8. The Labute approximate surface area is 191 Å². The number of carbonyl (C=O) groups excluding carboxylic acids is 1. The van der Waals surface area contributed by atoms with E-state index in [4.69, 9.17) is 27.9 Å². The molecular weight excluding hydrogens is 437 g/mol. The van der Waals surface area contributed by atoms with Gasteiger partial charge in [-0.25, -0.2) is 4.79 Å². The molecular formula is C24H23Cl2NO4. The van der Waals surface area contributed by atoms with E-state index in [1.807, 2.05) is 24.3 Å². The van der Waals surface area contributed by atoms with Crippen LogP contribution in [0.15, 0.2) is 61.2 Å². The van der Waals surface area contributed by atoms with Gasteiger partial charge in [-0.3, -0.25) is 4.79 Å². The Bertz CT molecular complexity index is 989.